The number of ketones is 1. The van der Waals surface area contributed by atoms with Crippen molar-refractivity contribution in [1.29, 1.82) is 0 Å². The lowest BCUT2D eigenvalue weighted by atomic mass is 9.86. The third-order valence-electron chi connectivity index (χ3n) is 2.10. The first kappa shape index (κ1) is 11.7. The van der Waals surface area contributed by atoms with Crippen LogP contribution in [-0.2, 0) is 0 Å². The number of hydrogen-bond donors (Lipinski definition) is 0. The maximum Gasteiger partial charge on any atom is 0.168 e. The van der Waals surface area contributed by atoms with Crippen LogP contribution < -0.4 is 4.74 Å². The quantitative estimate of drug-likeness (QED) is 0.701. The number of rotatable bonds is 2. The summed E-state index contributed by atoms with van der Waals surface area (Å²) in [6.07, 6.45) is 0. The van der Waals surface area contributed by atoms with Gasteiger partial charge in [0.05, 0.1) is 7.11 Å². The van der Waals surface area contributed by atoms with Crippen molar-refractivity contribution in [1.82, 2.24) is 0 Å². The Kier molecular flexibility index (Phi) is 3.12. The van der Waals surface area contributed by atoms with Crippen LogP contribution in [0.3, 0.4) is 0 Å². The number of carbonyl (C=O) groups is 1. The van der Waals surface area contributed by atoms with Gasteiger partial charge in [0.1, 0.15) is 0 Å². The Labute approximate surface area is 89.1 Å². The molecule has 3 heteroatoms. The standard InChI is InChI=1S/C12H15FO2/c1-12(2,3)11(14)8-5-6-10(15-4)9(13)7-8/h5-7H,1-4H3. The van der Waals surface area contributed by atoms with E-state index in [1.165, 1.54) is 19.2 Å². The van der Waals surface area contributed by atoms with Gasteiger partial charge in [-0.2, -0.15) is 0 Å². The molecule has 0 unspecified atom stereocenters. The third kappa shape index (κ3) is 2.55. The summed E-state index contributed by atoms with van der Waals surface area (Å²) >= 11 is 0. The molecule has 0 bridgehead atoms. The average Bonchev–Trinajstić information content (AvgIpc) is 2.15. The summed E-state index contributed by atoms with van der Waals surface area (Å²) < 4.78 is 18.1. The topological polar surface area (TPSA) is 26.3 Å². The van der Waals surface area contributed by atoms with Crippen LogP contribution in [0.2, 0.25) is 0 Å². The van der Waals surface area contributed by atoms with E-state index in [1.807, 2.05) is 0 Å². The number of carbonyl (C=O) groups excluding carboxylic acids is 1. The molecular formula is C12H15FO2. The first-order valence-corrected chi connectivity index (χ1v) is 4.74. The summed E-state index contributed by atoms with van der Waals surface area (Å²) in [5.41, 5.74) is -0.123. The number of hydrogen-bond acceptors (Lipinski definition) is 2. The highest BCUT2D eigenvalue weighted by molar-refractivity contribution is 5.99. The van der Waals surface area contributed by atoms with Crippen LogP contribution in [-0.4, -0.2) is 12.9 Å². The van der Waals surface area contributed by atoms with E-state index in [1.54, 1.807) is 26.8 Å². The van der Waals surface area contributed by atoms with E-state index >= 15 is 0 Å². The summed E-state index contributed by atoms with van der Waals surface area (Å²) in [6, 6.07) is 4.26. The predicted octanol–water partition coefficient (Wildman–Crippen LogP) is 3.06. The zero-order valence-electron chi connectivity index (χ0n) is 9.43. The second kappa shape index (κ2) is 4.01. The Balaban J connectivity index is 3.08. The molecule has 0 aliphatic carbocycles. The molecule has 0 spiro atoms. The van der Waals surface area contributed by atoms with Crippen LogP contribution in [0.1, 0.15) is 31.1 Å². The van der Waals surface area contributed by atoms with Crippen LogP contribution in [0.15, 0.2) is 18.2 Å². The van der Waals surface area contributed by atoms with Gasteiger partial charge in [-0.1, -0.05) is 20.8 Å². The molecule has 0 aromatic heterocycles. The van der Waals surface area contributed by atoms with E-state index in [9.17, 15) is 9.18 Å². The van der Waals surface area contributed by atoms with Gasteiger partial charge in [-0.15, -0.1) is 0 Å². The number of Topliss-reactive ketones (excluding diaryl/α,β-unsaturated/α-hetero) is 1. The summed E-state index contributed by atoms with van der Waals surface area (Å²) in [5.74, 6) is -0.433. The van der Waals surface area contributed by atoms with Gasteiger partial charge in [0.15, 0.2) is 17.3 Å². The molecule has 0 aliphatic rings. The van der Waals surface area contributed by atoms with Crippen molar-refractivity contribution in [3.63, 3.8) is 0 Å². The maximum atomic E-state index is 13.3. The summed E-state index contributed by atoms with van der Waals surface area (Å²) in [5, 5.41) is 0. The summed E-state index contributed by atoms with van der Waals surface area (Å²) in [7, 11) is 1.39. The molecule has 0 atom stereocenters. The average molecular weight is 210 g/mol. The van der Waals surface area contributed by atoms with E-state index in [2.05, 4.69) is 0 Å². The molecule has 0 heterocycles. The molecule has 0 N–H and O–H groups in total. The summed E-state index contributed by atoms with van der Waals surface area (Å²) in [6.45, 7) is 5.41. The van der Waals surface area contributed by atoms with Crippen LogP contribution in [0.4, 0.5) is 4.39 Å². The number of ether oxygens (including phenoxy) is 1. The molecular weight excluding hydrogens is 195 g/mol. The van der Waals surface area contributed by atoms with Gasteiger partial charge in [-0.25, -0.2) is 4.39 Å². The Bertz CT molecular complexity index is 378. The van der Waals surface area contributed by atoms with Crippen molar-refractivity contribution >= 4 is 5.78 Å². The van der Waals surface area contributed by atoms with Gasteiger partial charge in [-0.05, 0) is 18.2 Å². The first-order chi connectivity index (χ1) is 6.86. The lowest BCUT2D eigenvalue weighted by Crippen LogP contribution is -2.20. The largest absolute Gasteiger partial charge is 0.494 e. The minimum atomic E-state index is -0.507. The molecule has 0 saturated heterocycles. The first-order valence-electron chi connectivity index (χ1n) is 4.74. The van der Waals surface area contributed by atoms with Crippen molar-refractivity contribution in [3.05, 3.63) is 29.6 Å². The molecule has 1 aromatic carbocycles. The van der Waals surface area contributed by atoms with Crippen molar-refractivity contribution in [3.8, 4) is 5.75 Å². The van der Waals surface area contributed by atoms with Crippen LogP contribution in [0.25, 0.3) is 0 Å². The fourth-order valence-electron chi connectivity index (χ4n) is 1.24. The lowest BCUT2D eigenvalue weighted by molar-refractivity contribution is 0.0858. The second-order valence-corrected chi connectivity index (χ2v) is 4.43. The molecule has 15 heavy (non-hydrogen) atoms. The van der Waals surface area contributed by atoms with Crippen LogP contribution in [0, 0.1) is 11.2 Å². The molecule has 1 aromatic rings. The van der Waals surface area contributed by atoms with Crippen molar-refractivity contribution in [2.24, 2.45) is 5.41 Å². The SMILES string of the molecule is COc1ccc(C(=O)C(C)(C)C)cc1F. The van der Waals surface area contributed by atoms with Crippen molar-refractivity contribution in [2.75, 3.05) is 7.11 Å². The third-order valence-corrected chi connectivity index (χ3v) is 2.10. The minimum absolute atomic E-state index is 0.0796. The highest BCUT2D eigenvalue weighted by Crippen LogP contribution is 2.24. The van der Waals surface area contributed by atoms with Crippen molar-refractivity contribution in [2.45, 2.75) is 20.8 Å². The molecule has 2 nitrogen and oxygen atoms in total. The van der Waals surface area contributed by atoms with E-state index in [0.29, 0.717) is 5.56 Å². The highest BCUT2D eigenvalue weighted by atomic mass is 19.1. The molecule has 0 saturated carbocycles. The van der Waals surface area contributed by atoms with Gasteiger partial charge >= 0.3 is 0 Å². The Morgan fingerprint density at radius 2 is 1.93 bits per heavy atom. The summed E-state index contributed by atoms with van der Waals surface area (Å²) in [4.78, 5) is 11.8. The zero-order chi connectivity index (χ0) is 11.6. The van der Waals surface area contributed by atoms with Crippen LogP contribution in [0.5, 0.6) is 5.75 Å². The Morgan fingerprint density at radius 3 is 2.33 bits per heavy atom. The van der Waals surface area contributed by atoms with Gasteiger partial charge < -0.3 is 4.74 Å². The monoisotopic (exact) mass is 210 g/mol. The van der Waals surface area contributed by atoms with E-state index in [4.69, 9.17) is 4.74 Å². The Morgan fingerprint density at radius 1 is 1.33 bits per heavy atom. The zero-order valence-corrected chi connectivity index (χ0v) is 9.43. The second-order valence-electron chi connectivity index (χ2n) is 4.43. The highest BCUT2D eigenvalue weighted by Gasteiger charge is 2.23. The number of benzene rings is 1. The van der Waals surface area contributed by atoms with Gasteiger partial charge in [0.2, 0.25) is 0 Å². The molecule has 82 valence electrons. The fraction of sp³-hybridized carbons (Fsp3) is 0.417. The molecule has 0 fully saturated rings. The number of halogens is 1. The molecule has 0 amide bonds. The maximum absolute atomic E-state index is 13.3. The lowest BCUT2D eigenvalue weighted by Gasteiger charge is -2.16. The Hall–Kier alpha value is -1.38. The predicted molar refractivity (Wildman–Crippen MR) is 56.7 cm³/mol. The van der Waals surface area contributed by atoms with E-state index in [-0.39, 0.29) is 11.5 Å². The van der Waals surface area contributed by atoms with Crippen LogP contribution >= 0.6 is 0 Å². The van der Waals surface area contributed by atoms with E-state index in [0.717, 1.165) is 0 Å². The van der Waals surface area contributed by atoms with Gasteiger partial charge in [0, 0.05) is 11.0 Å². The normalized spacial score (nSPS) is 11.3. The minimum Gasteiger partial charge on any atom is -0.494 e. The number of methoxy groups -OCH3 is 1. The molecule has 0 aliphatic heterocycles. The van der Waals surface area contributed by atoms with E-state index < -0.39 is 11.2 Å². The van der Waals surface area contributed by atoms with Crippen molar-refractivity contribution < 1.29 is 13.9 Å². The fourth-order valence-corrected chi connectivity index (χ4v) is 1.24. The van der Waals surface area contributed by atoms with Gasteiger partial charge in [-0.3, -0.25) is 4.79 Å². The smallest absolute Gasteiger partial charge is 0.168 e. The molecule has 0 radical (unpaired) electrons. The van der Waals surface area contributed by atoms with Gasteiger partial charge in [0.25, 0.3) is 0 Å². The molecule has 1 rings (SSSR count).